The average molecular weight is 391 g/mol. The Balaban J connectivity index is 1.83. The zero-order chi connectivity index (χ0) is 19.7. The van der Waals surface area contributed by atoms with E-state index in [4.69, 9.17) is 22.3 Å². The average Bonchev–Trinajstić information content (AvgIpc) is 3.08. The summed E-state index contributed by atoms with van der Waals surface area (Å²) >= 11 is 6.22. The predicted octanol–water partition coefficient (Wildman–Crippen LogP) is 3.47. The van der Waals surface area contributed by atoms with Crippen molar-refractivity contribution < 1.29 is 0 Å². The van der Waals surface area contributed by atoms with Gasteiger partial charge in [0.2, 0.25) is 0 Å². The van der Waals surface area contributed by atoms with Crippen LogP contribution in [-0.2, 0) is 0 Å². The summed E-state index contributed by atoms with van der Waals surface area (Å²) < 4.78 is 1.63. The van der Waals surface area contributed by atoms with E-state index in [1.165, 1.54) is 6.33 Å². The molecule has 138 valence electrons. The van der Waals surface area contributed by atoms with Crippen LogP contribution in [0.1, 0.15) is 24.1 Å². The number of aromatic nitrogens is 5. The van der Waals surface area contributed by atoms with E-state index in [0.29, 0.717) is 16.5 Å². The van der Waals surface area contributed by atoms with Crippen LogP contribution in [0.4, 0.5) is 11.6 Å². The van der Waals surface area contributed by atoms with Gasteiger partial charge in [-0.1, -0.05) is 41.9 Å². The molecular weight excluding hydrogens is 376 g/mol. The van der Waals surface area contributed by atoms with Crippen molar-refractivity contribution >= 4 is 28.9 Å². The van der Waals surface area contributed by atoms with Gasteiger partial charge in [0.05, 0.1) is 17.9 Å². The number of nitrogens with one attached hydrogen (secondary N) is 1. The van der Waals surface area contributed by atoms with E-state index in [2.05, 4.69) is 20.4 Å². The summed E-state index contributed by atoms with van der Waals surface area (Å²) in [5.74, 6) is 0.489. The van der Waals surface area contributed by atoms with Gasteiger partial charge in [-0.25, -0.2) is 19.5 Å². The van der Waals surface area contributed by atoms with Gasteiger partial charge in [-0.3, -0.25) is 0 Å². The number of nitriles is 1. The first-order chi connectivity index (χ1) is 13.6. The number of rotatable bonds is 4. The van der Waals surface area contributed by atoms with Crippen LogP contribution >= 0.6 is 11.6 Å². The Morgan fingerprint density at radius 3 is 2.79 bits per heavy atom. The minimum absolute atomic E-state index is 0.128. The maximum Gasteiger partial charge on any atom is 0.174 e. The lowest BCUT2D eigenvalue weighted by Crippen LogP contribution is -2.14. The Kier molecular flexibility index (Phi) is 4.51. The maximum atomic E-state index is 9.37. The second-order valence-electron chi connectivity index (χ2n) is 6.13. The van der Waals surface area contributed by atoms with E-state index < -0.39 is 0 Å². The summed E-state index contributed by atoms with van der Waals surface area (Å²) in [6.07, 6.45) is 4.74. The smallest absolute Gasteiger partial charge is 0.174 e. The van der Waals surface area contributed by atoms with E-state index in [-0.39, 0.29) is 17.4 Å². The summed E-state index contributed by atoms with van der Waals surface area (Å²) in [5, 5.41) is 17.3. The van der Waals surface area contributed by atoms with E-state index in [1.54, 1.807) is 10.7 Å². The molecule has 3 heterocycles. The fourth-order valence-electron chi connectivity index (χ4n) is 2.94. The van der Waals surface area contributed by atoms with E-state index in [9.17, 15) is 5.26 Å². The van der Waals surface area contributed by atoms with Crippen LogP contribution in [0.25, 0.3) is 16.9 Å². The molecule has 4 rings (SSSR count). The molecule has 8 nitrogen and oxygen atoms in total. The Morgan fingerprint density at radius 2 is 2.04 bits per heavy atom. The van der Waals surface area contributed by atoms with Crippen molar-refractivity contribution in [1.29, 1.82) is 5.26 Å². The topological polar surface area (TPSA) is 118 Å². The van der Waals surface area contributed by atoms with Crippen molar-refractivity contribution in [3.05, 3.63) is 65.2 Å². The number of halogens is 1. The largest absolute Gasteiger partial charge is 0.382 e. The fourth-order valence-corrected chi connectivity index (χ4v) is 3.12. The van der Waals surface area contributed by atoms with Crippen LogP contribution < -0.4 is 11.1 Å². The molecule has 0 saturated heterocycles. The van der Waals surface area contributed by atoms with Crippen molar-refractivity contribution in [2.24, 2.45) is 0 Å². The van der Waals surface area contributed by atoms with Crippen LogP contribution in [0.15, 0.2) is 49.1 Å². The van der Waals surface area contributed by atoms with E-state index in [1.807, 2.05) is 49.5 Å². The first kappa shape index (κ1) is 17.7. The van der Waals surface area contributed by atoms with Crippen LogP contribution in [0, 0.1) is 11.3 Å². The van der Waals surface area contributed by atoms with Gasteiger partial charge >= 0.3 is 0 Å². The highest BCUT2D eigenvalue weighted by atomic mass is 35.5. The van der Waals surface area contributed by atoms with Crippen molar-refractivity contribution in [1.82, 2.24) is 24.6 Å². The standard InChI is InChI=1S/C19H15ClN8/c1-11(26-18-13(7-21)17(22)23-10-24-18)14-9-28-19(15(20)8-25-28)27-16(14)12-5-3-2-4-6-12/h2-6,8-11H,1H3,(H3,22,23,24,26). The molecule has 1 aromatic carbocycles. The molecule has 0 aliphatic heterocycles. The number of hydrogen-bond acceptors (Lipinski definition) is 7. The minimum Gasteiger partial charge on any atom is -0.382 e. The number of anilines is 2. The highest BCUT2D eigenvalue weighted by Gasteiger charge is 2.19. The molecule has 0 fully saturated rings. The van der Waals surface area contributed by atoms with E-state index >= 15 is 0 Å². The highest BCUT2D eigenvalue weighted by Crippen LogP contribution is 2.31. The maximum absolute atomic E-state index is 9.37. The zero-order valence-corrected chi connectivity index (χ0v) is 15.6. The highest BCUT2D eigenvalue weighted by molar-refractivity contribution is 6.33. The molecule has 1 atom stereocenters. The monoisotopic (exact) mass is 390 g/mol. The molecule has 1 unspecified atom stereocenters. The van der Waals surface area contributed by atoms with Crippen LogP contribution in [-0.4, -0.2) is 24.6 Å². The molecule has 28 heavy (non-hydrogen) atoms. The molecule has 0 aliphatic carbocycles. The molecule has 0 radical (unpaired) electrons. The number of fused-ring (bicyclic) bond motifs is 1. The summed E-state index contributed by atoms with van der Waals surface area (Å²) in [4.78, 5) is 12.8. The quantitative estimate of drug-likeness (QED) is 0.547. The van der Waals surface area contributed by atoms with Gasteiger partial charge in [0.25, 0.3) is 0 Å². The third-order valence-corrected chi connectivity index (χ3v) is 4.60. The van der Waals surface area contributed by atoms with Gasteiger partial charge in [0, 0.05) is 17.3 Å². The Bertz CT molecular complexity index is 1200. The predicted molar refractivity (Wildman–Crippen MR) is 107 cm³/mol. The SMILES string of the molecule is CC(Nc1ncnc(N)c1C#N)c1cn2ncc(Cl)c2nc1-c1ccccc1. The molecule has 0 amide bonds. The molecule has 0 saturated carbocycles. The molecule has 0 bridgehead atoms. The lowest BCUT2D eigenvalue weighted by Gasteiger charge is -2.19. The van der Waals surface area contributed by atoms with Crippen LogP contribution in [0.5, 0.6) is 0 Å². The molecule has 0 spiro atoms. The zero-order valence-electron chi connectivity index (χ0n) is 14.8. The number of benzene rings is 1. The molecule has 3 N–H and O–H groups in total. The Hall–Kier alpha value is -3.70. The molecule has 4 aromatic rings. The number of hydrogen-bond donors (Lipinski definition) is 2. The van der Waals surface area contributed by atoms with Crippen molar-refractivity contribution in [2.75, 3.05) is 11.1 Å². The molecule has 3 aromatic heterocycles. The van der Waals surface area contributed by atoms with Gasteiger partial charge in [-0.2, -0.15) is 10.4 Å². The van der Waals surface area contributed by atoms with Gasteiger partial charge < -0.3 is 11.1 Å². The van der Waals surface area contributed by atoms with Gasteiger partial charge in [0.1, 0.15) is 34.6 Å². The third kappa shape index (κ3) is 3.08. The number of nitrogen functional groups attached to an aromatic ring is 1. The first-order valence-electron chi connectivity index (χ1n) is 8.44. The minimum atomic E-state index is -0.253. The third-order valence-electron chi connectivity index (χ3n) is 4.33. The Labute approximate surface area is 165 Å². The molecule has 0 aliphatic rings. The second kappa shape index (κ2) is 7.13. The Morgan fingerprint density at radius 1 is 1.25 bits per heavy atom. The van der Waals surface area contributed by atoms with Crippen molar-refractivity contribution in [3.8, 4) is 17.3 Å². The molecular formula is C19H15ClN8. The van der Waals surface area contributed by atoms with Crippen LogP contribution in [0.3, 0.4) is 0 Å². The van der Waals surface area contributed by atoms with Crippen molar-refractivity contribution in [2.45, 2.75) is 13.0 Å². The lowest BCUT2D eigenvalue weighted by atomic mass is 10.0. The van der Waals surface area contributed by atoms with Gasteiger partial charge in [-0.05, 0) is 6.92 Å². The van der Waals surface area contributed by atoms with Gasteiger partial charge in [-0.15, -0.1) is 0 Å². The first-order valence-corrected chi connectivity index (χ1v) is 8.82. The van der Waals surface area contributed by atoms with Gasteiger partial charge in [0.15, 0.2) is 5.65 Å². The normalized spacial score (nSPS) is 11.9. The summed E-state index contributed by atoms with van der Waals surface area (Å²) in [7, 11) is 0. The lowest BCUT2D eigenvalue weighted by molar-refractivity contribution is 0.830. The fraction of sp³-hybridized carbons (Fsp3) is 0.105. The number of nitrogens with two attached hydrogens (primary N) is 1. The number of nitrogens with zero attached hydrogens (tertiary/aromatic N) is 6. The molecule has 9 heteroatoms. The second-order valence-corrected chi connectivity index (χ2v) is 6.54. The summed E-state index contributed by atoms with van der Waals surface area (Å²) in [6.45, 7) is 1.94. The summed E-state index contributed by atoms with van der Waals surface area (Å²) in [6, 6.07) is 11.6. The van der Waals surface area contributed by atoms with Crippen LogP contribution in [0.2, 0.25) is 5.02 Å². The summed E-state index contributed by atoms with van der Waals surface area (Å²) in [5.41, 5.74) is 9.12. The van der Waals surface area contributed by atoms with E-state index in [0.717, 1.165) is 16.8 Å². The van der Waals surface area contributed by atoms with Crippen molar-refractivity contribution in [3.63, 3.8) is 0 Å².